The van der Waals surface area contributed by atoms with Gasteiger partial charge in [0.1, 0.15) is 5.69 Å². The molecule has 0 radical (unpaired) electrons. The summed E-state index contributed by atoms with van der Waals surface area (Å²) in [6.07, 6.45) is -3.33. The summed E-state index contributed by atoms with van der Waals surface area (Å²) in [6.45, 7) is 0. The number of H-pyrrole nitrogens is 1. The summed E-state index contributed by atoms with van der Waals surface area (Å²) in [5.41, 5.74) is 2.57. The van der Waals surface area contributed by atoms with E-state index >= 15 is 0 Å². The lowest BCUT2D eigenvalue weighted by Crippen LogP contribution is -2.07. The molecular formula is C26H17F3N4O2S. The second-order valence-electron chi connectivity index (χ2n) is 7.95. The summed E-state index contributed by atoms with van der Waals surface area (Å²) < 4.78 is 39.0. The Hall–Kier alpha value is -4.18. The van der Waals surface area contributed by atoms with Crippen LogP contribution in [0.25, 0.3) is 44.4 Å². The van der Waals surface area contributed by atoms with Crippen LogP contribution in [0.5, 0.6) is 0 Å². The third-order valence-electron chi connectivity index (χ3n) is 5.48. The van der Waals surface area contributed by atoms with Gasteiger partial charge in [0.2, 0.25) is 0 Å². The van der Waals surface area contributed by atoms with Crippen LogP contribution in [0.15, 0.2) is 84.1 Å². The van der Waals surface area contributed by atoms with Crippen molar-refractivity contribution in [1.82, 2.24) is 20.2 Å². The molecule has 2 heterocycles. The van der Waals surface area contributed by atoms with Gasteiger partial charge in [-0.2, -0.15) is 13.2 Å². The van der Waals surface area contributed by atoms with E-state index < -0.39 is 17.8 Å². The number of thioether (sulfide) groups is 1. The van der Waals surface area contributed by atoms with Gasteiger partial charge in [-0.15, -0.1) is 10.2 Å². The second-order valence-corrected chi connectivity index (χ2v) is 8.92. The summed E-state index contributed by atoms with van der Waals surface area (Å²) in [6, 6.07) is 21.8. The van der Waals surface area contributed by atoms with E-state index in [9.17, 15) is 18.0 Å². The molecular weight excluding hydrogens is 489 g/mol. The number of hydrogen-bond donors (Lipinski definition) is 2. The number of benzene rings is 3. The number of alkyl halides is 3. The summed E-state index contributed by atoms with van der Waals surface area (Å²) in [4.78, 5) is 17.5. The quantitative estimate of drug-likeness (QED) is 0.254. The van der Waals surface area contributed by atoms with Gasteiger partial charge in [0.25, 0.3) is 0 Å². The lowest BCUT2D eigenvalue weighted by Gasteiger charge is -2.11. The maximum atomic E-state index is 13.0. The van der Waals surface area contributed by atoms with E-state index in [-0.39, 0.29) is 5.75 Å². The Bertz CT molecular complexity index is 1570. The number of aliphatic carboxylic acids is 1. The molecule has 0 amide bonds. The number of aromatic nitrogens is 4. The van der Waals surface area contributed by atoms with Gasteiger partial charge in [-0.1, -0.05) is 54.2 Å². The molecule has 5 rings (SSSR count). The first-order chi connectivity index (χ1) is 17.3. The van der Waals surface area contributed by atoms with E-state index in [1.54, 1.807) is 6.07 Å². The molecule has 5 aromatic rings. The molecule has 2 N–H and O–H groups in total. The molecule has 0 fully saturated rings. The Morgan fingerprint density at radius 1 is 0.833 bits per heavy atom. The summed E-state index contributed by atoms with van der Waals surface area (Å²) >= 11 is 1.01. The monoisotopic (exact) mass is 506 g/mol. The van der Waals surface area contributed by atoms with Gasteiger partial charge in [0, 0.05) is 17.3 Å². The highest BCUT2D eigenvalue weighted by atomic mass is 32.2. The number of carboxylic acids is 1. The van der Waals surface area contributed by atoms with Crippen LogP contribution in [-0.4, -0.2) is 37.0 Å². The van der Waals surface area contributed by atoms with Crippen LogP contribution in [0.3, 0.4) is 0 Å². The second kappa shape index (κ2) is 9.46. The topological polar surface area (TPSA) is 91.8 Å². The zero-order valence-electron chi connectivity index (χ0n) is 18.5. The number of fused-ring (bicyclic) bond motifs is 1. The van der Waals surface area contributed by atoms with Gasteiger partial charge >= 0.3 is 12.1 Å². The van der Waals surface area contributed by atoms with Gasteiger partial charge < -0.3 is 10.1 Å². The highest BCUT2D eigenvalue weighted by molar-refractivity contribution is 7.99. The molecule has 0 aliphatic rings. The van der Waals surface area contributed by atoms with Crippen molar-refractivity contribution < 1.29 is 23.1 Å². The predicted molar refractivity (Wildman–Crippen MR) is 131 cm³/mol. The summed E-state index contributed by atoms with van der Waals surface area (Å²) in [5.74, 6) is -0.742. The van der Waals surface area contributed by atoms with Gasteiger partial charge in [-0.05, 0) is 57.8 Å². The predicted octanol–water partition coefficient (Wildman–Crippen LogP) is 6.55. The molecule has 0 aliphatic carbocycles. The Labute approximate surface area is 207 Å². The molecule has 10 heteroatoms. The molecule has 0 spiro atoms. The normalized spacial score (nSPS) is 11.6. The third-order valence-corrected chi connectivity index (χ3v) is 6.32. The van der Waals surface area contributed by atoms with Crippen molar-refractivity contribution in [2.75, 3.05) is 5.75 Å². The first-order valence-electron chi connectivity index (χ1n) is 10.7. The average molecular weight is 507 g/mol. The van der Waals surface area contributed by atoms with Crippen LogP contribution >= 0.6 is 11.8 Å². The number of hydrogen-bond acceptors (Lipinski definition) is 5. The summed E-state index contributed by atoms with van der Waals surface area (Å²) in [5, 5.41) is 19.5. The van der Waals surface area contributed by atoms with Crippen molar-refractivity contribution in [2.45, 2.75) is 11.3 Å². The van der Waals surface area contributed by atoms with Gasteiger partial charge in [0.15, 0.2) is 11.0 Å². The van der Waals surface area contributed by atoms with E-state index in [4.69, 9.17) is 5.11 Å². The van der Waals surface area contributed by atoms with Crippen LogP contribution in [0.1, 0.15) is 5.69 Å². The SMILES string of the molecule is O=C(O)CSc1nnc(-c2cc(-c3ccc(C(F)(F)F)nc3)cc(-c3ccc4ccccc4c3)c2)[nH]1. The fourth-order valence-electron chi connectivity index (χ4n) is 3.77. The largest absolute Gasteiger partial charge is 0.481 e. The van der Waals surface area contributed by atoms with E-state index in [0.29, 0.717) is 27.7 Å². The van der Waals surface area contributed by atoms with Crippen molar-refractivity contribution in [2.24, 2.45) is 0 Å². The van der Waals surface area contributed by atoms with Gasteiger partial charge in [-0.3, -0.25) is 9.78 Å². The van der Waals surface area contributed by atoms with Crippen molar-refractivity contribution >= 4 is 28.5 Å². The number of rotatable bonds is 6. The van der Waals surface area contributed by atoms with E-state index in [2.05, 4.69) is 20.2 Å². The molecule has 0 saturated heterocycles. The minimum atomic E-state index is -4.53. The maximum Gasteiger partial charge on any atom is 0.433 e. The van der Waals surface area contributed by atoms with Crippen LogP contribution in [0.4, 0.5) is 13.2 Å². The first-order valence-corrected chi connectivity index (χ1v) is 11.7. The van der Waals surface area contributed by atoms with E-state index in [1.165, 1.54) is 12.3 Å². The molecule has 0 atom stereocenters. The molecule has 0 aliphatic heterocycles. The van der Waals surface area contributed by atoms with Crippen LogP contribution in [0.2, 0.25) is 0 Å². The lowest BCUT2D eigenvalue weighted by molar-refractivity contribution is -0.141. The fraction of sp³-hybridized carbons (Fsp3) is 0.0769. The Morgan fingerprint density at radius 3 is 2.22 bits per heavy atom. The minimum absolute atomic E-state index is 0.172. The van der Waals surface area contributed by atoms with Crippen LogP contribution < -0.4 is 0 Å². The molecule has 0 bridgehead atoms. The zero-order valence-corrected chi connectivity index (χ0v) is 19.3. The summed E-state index contributed by atoms with van der Waals surface area (Å²) in [7, 11) is 0. The number of nitrogens with one attached hydrogen (secondary N) is 1. The molecule has 0 saturated carbocycles. The molecule has 6 nitrogen and oxygen atoms in total. The van der Waals surface area contributed by atoms with Crippen LogP contribution in [0, 0.1) is 0 Å². The maximum absolute atomic E-state index is 13.0. The third kappa shape index (κ3) is 5.08. The van der Waals surface area contributed by atoms with Gasteiger partial charge in [-0.25, -0.2) is 0 Å². The highest BCUT2D eigenvalue weighted by Crippen LogP contribution is 2.34. The van der Waals surface area contributed by atoms with Crippen LogP contribution in [-0.2, 0) is 11.0 Å². The molecule has 180 valence electrons. The molecule has 2 aromatic heterocycles. The van der Waals surface area contributed by atoms with E-state index in [0.717, 1.165) is 39.7 Å². The van der Waals surface area contributed by atoms with Gasteiger partial charge in [0.05, 0.1) is 5.75 Å². The lowest BCUT2D eigenvalue weighted by atomic mass is 9.95. The Balaban J connectivity index is 1.60. The number of pyridine rings is 1. The van der Waals surface area contributed by atoms with Crippen molar-refractivity contribution in [3.63, 3.8) is 0 Å². The fourth-order valence-corrected chi connectivity index (χ4v) is 4.30. The van der Waals surface area contributed by atoms with Crippen molar-refractivity contribution in [1.29, 1.82) is 0 Å². The molecule has 3 aromatic carbocycles. The van der Waals surface area contributed by atoms with Crippen molar-refractivity contribution in [3.05, 3.63) is 84.7 Å². The molecule has 36 heavy (non-hydrogen) atoms. The minimum Gasteiger partial charge on any atom is -0.481 e. The number of halogens is 3. The standard InChI is InChI=1S/C26H17F3N4O2S/c27-26(28,29)22-8-7-18(13-30-22)20-10-19(17-6-5-15-3-1-2-4-16(15)9-17)11-21(12-20)24-31-25(33-32-24)36-14-23(34)35/h1-13H,14H2,(H,34,35)(H,31,32,33). The first kappa shape index (κ1) is 23.6. The van der Waals surface area contributed by atoms with E-state index in [1.807, 2.05) is 54.6 Å². The molecule has 0 unspecified atom stereocenters. The number of nitrogens with zero attached hydrogens (tertiary/aromatic N) is 3. The Morgan fingerprint density at radius 2 is 1.53 bits per heavy atom. The van der Waals surface area contributed by atoms with Crippen molar-refractivity contribution in [3.8, 4) is 33.6 Å². The smallest absolute Gasteiger partial charge is 0.433 e. The number of aromatic amines is 1. The number of carboxylic acid groups (broad SMARTS) is 1. The average Bonchev–Trinajstić information content (AvgIpc) is 3.36. The Kier molecular flexibility index (Phi) is 6.19. The zero-order chi connectivity index (χ0) is 25.3. The highest BCUT2D eigenvalue weighted by Gasteiger charge is 2.32. The number of carbonyl (C=O) groups is 1.